The van der Waals surface area contributed by atoms with Gasteiger partial charge in [-0.15, -0.1) is 18.3 Å². The van der Waals surface area contributed by atoms with Gasteiger partial charge in [-0.25, -0.2) is 13.9 Å². The predicted molar refractivity (Wildman–Crippen MR) is 114 cm³/mol. The molecule has 172 valence electrons. The van der Waals surface area contributed by atoms with Crippen molar-refractivity contribution in [1.82, 2.24) is 14.2 Å². The van der Waals surface area contributed by atoms with Crippen molar-refractivity contribution in [2.24, 2.45) is 0 Å². The number of hydrogen-bond acceptors (Lipinski definition) is 6. The third-order valence-corrected chi connectivity index (χ3v) is 4.73. The van der Waals surface area contributed by atoms with E-state index in [9.17, 15) is 23.1 Å². The number of pyridine rings is 1. The lowest BCUT2D eigenvalue weighted by Gasteiger charge is -2.13. The van der Waals surface area contributed by atoms with Crippen molar-refractivity contribution in [1.29, 1.82) is 0 Å². The molecule has 2 aromatic carbocycles. The highest BCUT2D eigenvalue weighted by molar-refractivity contribution is 5.65. The van der Waals surface area contributed by atoms with Gasteiger partial charge < -0.3 is 20.3 Å². The number of rotatable bonds is 7. The molecular weight excluding hydrogens is 441 g/mol. The van der Waals surface area contributed by atoms with Crippen LogP contribution in [0.3, 0.4) is 0 Å². The first kappa shape index (κ1) is 22.2. The van der Waals surface area contributed by atoms with Crippen LogP contribution in [0.4, 0.5) is 18.9 Å². The van der Waals surface area contributed by atoms with E-state index >= 15 is 0 Å². The Labute approximate surface area is 185 Å². The van der Waals surface area contributed by atoms with Crippen LogP contribution in [0.5, 0.6) is 11.5 Å². The molecule has 3 N–H and O–H groups in total. The Kier molecular flexibility index (Phi) is 5.97. The lowest BCUT2D eigenvalue weighted by molar-refractivity contribution is -0.274. The predicted octanol–water partition coefficient (Wildman–Crippen LogP) is 3.08. The molecule has 0 saturated carbocycles. The molecule has 2 heterocycles. The molecule has 0 aliphatic rings. The number of alkyl halides is 3. The second kappa shape index (κ2) is 8.87. The number of hydrogen-bond donors (Lipinski definition) is 2. The van der Waals surface area contributed by atoms with Gasteiger partial charge in [0.05, 0.1) is 12.2 Å². The fraction of sp³-hybridized carbons (Fsp3) is 0.182. The SMILES string of the molecule is Nc1ccccc1OCC(O)Cn1nc2ccc(-c3ccc(OC(F)(F)F)cc3)cn2c1=O. The molecule has 4 aromatic rings. The second-order valence-electron chi connectivity index (χ2n) is 7.19. The van der Waals surface area contributed by atoms with Crippen molar-refractivity contribution in [3.05, 3.63) is 77.3 Å². The van der Waals surface area contributed by atoms with Gasteiger partial charge in [-0.1, -0.05) is 24.3 Å². The fourth-order valence-electron chi connectivity index (χ4n) is 3.21. The first-order valence-electron chi connectivity index (χ1n) is 9.80. The number of ether oxygens (including phenoxy) is 2. The molecule has 1 atom stereocenters. The minimum Gasteiger partial charge on any atom is -0.489 e. The van der Waals surface area contributed by atoms with E-state index in [0.717, 1.165) is 4.68 Å². The Morgan fingerprint density at radius 1 is 1.03 bits per heavy atom. The Balaban J connectivity index is 1.49. The van der Waals surface area contributed by atoms with Crippen molar-refractivity contribution in [2.75, 3.05) is 12.3 Å². The number of nitrogens with two attached hydrogens (primary N) is 1. The van der Waals surface area contributed by atoms with E-state index < -0.39 is 18.2 Å². The molecule has 8 nitrogen and oxygen atoms in total. The first-order chi connectivity index (χ1) is 15.7. The Morgan fingerprint density at radius 3 is 2.42 bits per heavy atom. The molecule has 0 radical (unpaired) electrons. The normalized spacial score (nSPS) is 12.6. The van der Waals surface area contributed by atoms with Crippen LogP contribution in [0.25, 0.3) is 16.8 Å². The average Bonchev–Trinajstić information content (AvgIpc) is 3.07. The molecule has 0 fully saturated rings. The molecule has 4 rings (SSSR count). The number of aliphatic hydroxyl groups excluding tert-OH is 1. The number of fused-ring (bicyclic) bond motifs is 1. The highest BCUT2D eigenvalue weighted by Crippen LogP contribution is 2.26. The molecule has 0 amide bonds. The zero-order valence-corrected chi connectivity index (χ0v) is 17.1. The molecule has 11 heteroatoms. The Morgan fingerprint density at radius 2 is 1.73 bits per heavy atom. The number of para-hydroxylation sites is 2. The van der Waals surface area contributed by atoms with Crippen LogP contribution in [0.1, 0.15) is 0 Å². The standard InChI is InChI=1S/C22H19F3N4O4/c23-22(24,25)33-17-8-5-14(6-9-17)15-7-10-20-27-29(21(31)28(20)11-15)12-16(30)13-32-19-4-2-1-3-18(19)26/h1-11,16,30H,12-13,26H2. The third-order valence-electron chi connectivity index (χ3n) is 4.73. The summed E-state index contributed by atoms with van der Waals surface area (Å²) in [5, 5.41) is 14.5. The van der Waals surface area contributed by atoms with Gasteiger partial charge >= 0.3 is 12.1 Å². The van der Waals surface area contributed by atoms with Crippen LogP contribution >= 0.6 is 0 Å². The summed E-state index contributed by atoms with van der Waals surface area (Å²) in [7, 11) is 0. The Bertz CT molecular complexity index is 1320. The number of aliphatic hydroxyl groups is 1. The summed E-state index contributed by atoms with van der Waals surface area (Å²) in [5.41, 5.74) is 7.26. The maximum Gasteiger partial charge on any atom is 0.573 e. The smallest absolute Gasteiger partial charge is 0.489 e. The van der Waals surface area contributed by atoms with Gasteiger partial charge in [0.25, 0.3) is 0 Å². The van der Waals surface area contributed by atoms with Crippen LogP contribution in [-0.2, 0) is 6.54 Å². The molecule has 1 unspecified atom stereocenters. The monoisotopic (exact) mass is 460 g/mol. The number of nitrogen functional groups attached to an aromatic ring is 1. The number of halogens is 3. The van der Waals surface area contributed by atoms with E-state index in [1.54, 1.807) is 36.4 Å². The van der Waals surface area contributed by atoms with Gasteiger partial charge in [0.15, 0.2) is 5.65 Å². The van der Waals surface area contributed by atoms with Gasteiger partial charge in [-0.3, -0.25) is 0 Å². The Hall–Kier alpha value is -3.99. The molecule has 0 bridgehead atoms. The molecule has 2 aromatic heterocycles. The zero-order chi connectivity index (χ0) is 23.6. The largest absolute Gasteiger partial charge is 0.573 e. The highest BCUT2D eigenvalue weighted by Gasteiger charge is 2.31. The lowest BCUT2D eigenvalue weighted by atomic mass is 10.1. The summed E-state index contributed by atoms with van der Waals surface area (Å²) < 4.78 is 48.8. The fourth-order valence-corrected chi connectivity index (χ4v) is 3.21. The molecular formula is C22H19F3N4O4. The zero-order valence-electron chi connectivity index (χ0n) is 17.1. The minimum atomic E-state index is -4.77. The quantitative estimate of drug-likeness (QED) is 0.411. The summed E-state index contributed by atoms with van der Waals surface area (Å²) in [6.07, 6.45) is -4.27. The van der Waals surface area contributed by atoms with Crippen molar-refractivity contribution in [3.8, 4) is 22.6 Å². The van der Waals surface area contributed by atoms with Crippen molar-refractivity contribution in [2.45, 2.75) is 19.0 Å². The van der Waals surface area contributed by atoms with Gasteiger partial charge in [-0.05, 0) is 47.5 Å². The highest BCUT2D eigenvalue weighted by atomic mass is 19.4. The topological polar surface area (TPSA) is 104 Å². The first-order valence-corrected chi connectivity index (χ1v) is 9.80. The number of benzene rings is 2. The average molecular weight is 460 g/mol. The molecule has 0 saturated heterocycles. The van der Waals surface area contributed by atoms with E-state index in [2.05, 4.69) is 9.84 Å². The van der Waals surface area contributed by atoms with E-state index in [4.69, 9.17) is 10.5 Å². The summed E-state index contributed by atoms with van der Waals surface area (Å²) in [5.74, 6) is 0.0842. The minimum absolute atomic E-state index is 0.0912. The van der Waals surface area contributed by atoms with E-state index in [0.29, 0.717) is 28.2 Å². The van der Waals surface area contributed by atoms with Crippen LogP contribution in [0.2, 0.25) is 0 Å². The third kappa shape index (κ3) is 5.26. The molecule has 0 spiro atoms. The summed E-state index contributed by atoms with van der Waals surface area (Å²) in [6.45, 7) is -0.196. The van der Waals surface area contributed by atoms with Crippen molar-refractivity contribution in [3.63, 3.8) is 0 Å². The number of anilines is 1. The summed E-state index contributed by atoms with van der Waals surface area (Å²) in [6, 6.07) is 15.4. The summed E-state index contributed by atoms with van der Waals surface area (Å²) in [4.78, 5) is 12.7. The lowest BCUT2D eigenvalue weighted by Crippen LogP contribution is -2.30. The van der Waals surface area contributed by atoms with Crippen LogP contribution in [0.15, 0.2) is 71.7 Å². The van der Waals surface area contributed by atoms with Gasteiger partial charge in [0.1, 0.15) is 24.2 Å². The van der Waals surface area contributed by atoms with Gasteiger partial charge in [-0.2, -0.15) is 0 Å². The van der Waals surface area contributed by atoms with E-state index in [1.165, 1.54) is 34.9 Å². The molecule has 0 aliphatic carbocycles. The van der Waals surface area contributed by atoms with Crippen LogP contribution in [-0.4, -0.2) is 38.4 Å². The number of nitrogens with zero attached hydrogens (tertiary/aromatic N) is 3. The maximum atomic E-state index is 12.7. The second-order valence-corrected chi connectivity index (χ2v) is 7.19. The summed E-state index contributed by atoms with van der Waals surface area (Å²) >= 11 is 0. The van der Waals surface area contributed by atoms with Crippen LogP contribution < -0.4 is 20.9 Å². The van der Waals surface area contributed by atoms with E-state index in [-0.39, 0.29) is 18.9 Å². The van der Waals surface area contributed by atoms with Crippen molar-refractivity contribution < 1.29 is 27.8 Å². The molecule has 33 heavy (non-hydrogen) atoms. The molecule has 0 aliphatic heterocycles. The van der Waals surface area contributed by atoms with Crippen molar-refractivity contribution >= 4 is 11.3 Å². The van der Waals surface area contributed by atoms with Gasteiger partial charge in [0.2, 0.25) is 0 Å². The van der Waals surface area contributed by atoms with E-state index in [1.807, 2.05) is 0 Å². The number of aromatic nitrogens is 3. The van der Waals surface area contributed by atoms with Crippen LogP contribution in [0, 0.1) is 0 Å². The maximum absolute atomic E-state index is 12.7. The van der Waals surface area contributed by atoms with Gasteiger partial charge in [0, 0.05) is 6.20 Å².